The Kier molecular flexibility index (Phi) is 8.43. The van der Waals surface area contributed by atoms with Crippen molar-refractivity contribution in [2.45, 2.75) is 31.5 Å². The first kappa shape index (κ1) is 24.2. The first-order chi connectivity index (χ1) is 16.0. The molecule has 2 aromatic heterocycles. The highest BCUT2D eigenvalue weighted by atomic mass is 32.2. The third kappa shape index (κ3) is 7.28. The average Bonchev–Trinajstić information content (AvgIpc) is 3.51. The van der Waals surface area contributed by atoms with Gasteiger partial charge in [-0.05, 0) is 76.2 Å². The normalized spacial score (nSPS) is 15.7. The number of rotatable bonds is 11. The van der Waals surface area contributed by atoms with E-state index in [0.717, 1.165) is 45.2 Å². The Bertz CT molecular complexity index is 1040. The lowest BCUT2D eigenvalue weighted by atomic mass is 10.0. The maximum absolute atomic E-state index is 11.5. The summed E-state index contributed by atoms with van der Waals surface area (Å²) in [5, 5.41) is 8.58. The van der Waals surface area contributed by atoms with Crippen molar-refractivity contribution in [1.29, 1.82) is 0 Å². The smallest absolute Gasteiger partial charge is 0.229 e. The number of hydrogen-bond acceptors (Lipinski definition) is 7. The van der Waals surface area contributed by atoms with Gasteiger partial charge in [0, 0.05) is 19.6 Å². The zero-order valence-electron chi connectivity index (χ0n) is 18.7. The largest absolute Gasteiger partial charge is 0.491 e. The lowest BCUT2D eigenvalue weighted by molar-refractivity contribution is -0.0270. The lowest BCUT2D eigenvalue weighted by Gasteiger charge is -2.33. The van der Waals surface area contributed by atoms with E-state index in [-0.39, 0.29) is 12.2 Å². The summed E-state index contributed by atoms with van der Waals surface area (Å²) in [6, 6.07) is 11.4. The van der Waals surface area contributed by atoms with Crippen LogP contribution in [0, 0.1) is 0 Å². The van der Waals surface area contributed by atoms with Gasteiger partial charge < -0.3 is 14.4 Å². The minimum atomic E-state index is -3.34. The van der Waals surface area contributed by atoms with Crippen LogP contribution in [0.25, 0.3) is 0 Å². The van der Waals surface area contributed by atoms with Gasteiger partial charge >= 0.3 is 0 Å². The molecule has 0 bridgehead atoms. The second-order valence-corrected chi connectivity index (χ2v) is 11.6. The fraction of sp³-hybridized carbons (Fsp3) is 0.417. The zero-order valence-corrected chi connectivity index (χ0v) is 21.1. The highest BCUT2D eigenvalue weighted by Gasteiger charge is 2.25. The van der Waals surface area contributed by atoms with Crippen LogP contribution in [0.15, 0.2) is 57.9 Å². The molecule has 1 aliphatic rings. The van der Waals surface area contributed by atoms with Gasteiger partial charge in [-0.15, -0.1) is 0 Å². The van der Waals surface area contributed by atoms with Crippen molar-refractivity contribution in [3.63, 3.8) is 0 Å². The number of nitrogens with one attached hydrogen (secondary N) is 1. The number of sulfonamides is 1. The fourth-order valence-corrected chi connectivity index (χ4v) is 5.92. The number of nitrogens with zero attached hydrogens (tertiary/aromatic N) is 1. The number of thiophene rings is 2. The minimum Gasteiger partial charge on any atom is -0.491 e. The number of benzene rings is 1. The molecule has 1 N–H and O–H groups in total. The molecule has 4 rings (SSSR count). The van der Waals surface area contributed by atoms with E-state index in [9.17, 15) is 8.42 Å². The molecule has 0 spiro atoms. The van der Waals surface area contributed by atoms with Crippen LogP contribution in [0.2, 0.25) is 0 Å². The molecule has 3 heterocycles. The number of likely N-dealkylation sites (tertiary alicyclic amines) is 1. The van der Waals surface area contributed by atoms with E-state index in [1.165, 1.54) is 11.1 Å². The third-order valence-corrected chi connectivity index (χ3v) is 7.61. The Morgan fingerprint density at radius 3 is 2.33 bits per heavy atom. The molecule has 0 amide bonds. The zero-order chi connectivity index (χ0) is 23.1. The summed E-state index contributed by atoms with van der Waals surface area (Å²) in [7, 11) is -3.34. The van der Waals surface area contributed by atoms with Crippen molar-refractivity contribution >= 4 is 38.4 Å². The number of ether oxygens (including phenoxy) is 2. The van der Waals surface area contributed by atoms with E-state index in [2.05, 4.69) is 43.3 Å². The second kappa shape index (κ2) is 11.5. The monoisotopic (exact) mass is 506 g/mol. The van der Waals surface area contributed by atoms with Crippen LogP contribution in [0.1, 0.15) is 36.5 Å². The van der Waals surface area contributed by atoms with E-state index < -0.39 is 10.0 Å². The topological polar surface area (TPSA) is 67.9 Å². The quantitative estimate of drug-likeness (QED) is 0.361. The fourth-order valence-electron chi connectivity index (χ4n) is 4.01. The third-order valence-electron chi connectivity index (χ3n) is 5.61. The predicted molar refractivity (Wildman–Crippen MR) is 136 cm³/mol. The summed E-state index contributed by atoms with van der Waals surface area (Å²) >= 11 is 3.42. The molecule has 1 saturated heterocycles. The Morgan fingerprint density at radius 2 is 1.73 bits per heavy atom. The Balaban J connectivity index is 1.21. The number of anilines is 1. The van der Waals surface area contributed by atoms with Crippen LogP contribution < -0.4 is 9.46 Å². The molecule has 1 aliphatic heterocycles. The van der Waals surface area contributed by atoms with Gasteiger partial charge in [0.05, 0.1) is 24.7 Å². The lowest BCUT2D eigenvalue weighted by Crippen LogP contribution is -2.38. The number of hydrogen-bond donors (Lipinski definition) is 1. The van der Waals surface area contributed by atoms with Gasteiger partial charge in [0.1, 0.15) is 11.9 Å². The molecule has 0 aliphatic carbocycles. The van der Waals surface area contributed by atoms with E-state index in [1.807, 2.05) is 6.07 Å². The Hall–Kier alpha value is -1.91. The van der Waals surface area contributed by atoms with Gasteiger partial charge in [-0.1, -0.05) is 12.1 Å². The van der Waals surface area contributed by atoms with Gasteiger partial charge in [0.2, 0.25) is 10.0 Å². The predicted octanol–water partition coefficient (Wildman–Crippen LogP) is 5.22. The van der Waals surface area contributed by atoms with E-state index in [4.69, 9.17) is 9.47 Å². The first-order valence-electron chi connectivity index (χ1n) is 11.1. The van der Waals surface area contributed by atoms with E-state index >= 15 is 0 Å². The molecule has 1 fully saturated rings. The van der Waals surface area contributed by atoms with Crippen LogP contribution in [0.3, 0.4) is 0 Å². The molecule has 1 aromatic carbocycles. The number of para-hydroxylation sites is 2. The molecular weight excluding hydrogens is 476 g/mol. The van der Waals surface area contributed by atoms with Crippen molar-refractivity contribution in [3.05, 3.63) is 69.0 Å². The maximum atomic E-state index is 11.5. The molecular formula is C24H30N2O4S3. The van der Waals surface area contributed by atoms with Crippen LogP contribution in [-0.4, -0.2) is 51.9 Å². The Labute approximate surface area is 204 Å². The average molecular weight is 507 g/mol. The van der Waals surface area contributed by atoms with Crippen molar-refractivity contribution in [2.75, 3.05) is 37.2 Å². The van der Waals surface area contributed by atoms with E-state index in [0.29, 0.717) is 18.0 Å². The maximum Gasteiger partial charge on any atom is 0.229 e. The van der Waals surface area contributed by atoms with Crippen molar-refractivity contribution in [3.8, 4) is 5.75 Å². The first-order valence-corrected chi connectivity index (χ1v) is 14.9. The van der Waals surface area contributed by atoms with Crippen LogP contribution in [-0.2, 0) is 14.8 Å². The summed E-state index contributed by atoms with van der Waals surface area (Å²) in [4.78, 5) is 2.45. The summed E-state index contributed by atoms with van der Waals surface area (Å²) in [5.74, 6) is 0.558. The highest BCUT2D eigenvalue weighted by molar-refractivity contribution is 7.92. The van der Waals surface area contributed by atoms with Gasteiger partial charge in [0.25, 0.3) is 0 Å². The molecule has 0 radical (unpaired) electrons. The minimum absolute atomic E-state index is 0.0214. The molecule has 0 saturated carbocycles. The molecule has 6 nitrogen and oxygen atoms in total. The Morgan fingerprint density at radius 1 is 1.06 bits per heavy atom. The summed E-state index contributed by atoms with van der Waals surface area (Å²) < 4.78 is 38.0. The second-order valence-electron chi connectivity index (χ2n) is 8.24. The molecule has 0 unspecified atom stereocenters. The molecule has 178 valence electrons. The van der Waals surface area contributed by atoms with E-state index in [1.54, 1.807) is 40.9 Å². The van der Waals surface area contributed by atoms with Crippen LogP contribution in [0.4, 0.5) is 5.69 Å². The van der Waals surface area contributed by atoms with Gasteiger partial charge in [-0.25, -0.2) is 8.42 Å². The summed E-state index contributed by atoms with van der Waals surface area (Å²) in [6.07, 6.45) is 4.34. The highest BCUT2D eigenvalue weighted by Crippen LogP contribution is 2.32. The molecule has 33 heavy (non-hydrogen) atoms. The van der Waals surface area contributed by atoms with Crippen LogP contribution in [0.5, 0.6) is 5.75 Å². The van der Waals surface area contributed by atoms with Gasteiger partial charge in [-0.3, -0.25) is 4.72 Å². The molecule has 9 heteroatoms. The van der Waals surface area contributed by atoms with Crippen molar-refractivity contribution in [1.82, 2.24) is 4.90 Å². The SMILES string of the molecule is CS(=O)(=O)Nc1ccccc1OCCCN1CCC(OC(c2ccsc2)c2ccsc2)CC1. The molecule has 0 atom stereocenters. The van der Waals surface area contributed by atoms with Gasteiger partial charge in [0.15, 0.2) is 0 Å². The van der Waals surface area contributed by atoms with Gasteiger partial charge in [-0.2, -0.15) is 22.7 Å². The molecule has 3 aromatic rings. The van der Waals surface area contributed by atoms with Crippen LogP contribution >= 0.6 is 22.7 Å². The summed E-state index contributed by atoms with van der Waals surface area (Å²) in [6.45, 7) is 3.51. The van der Waals surface area contributed by atoms with Crippen molar-refractivity contribution in [2.24, 2.45) is 0 Å². The standard InChI is InChI=1S/C24H30N2O4S3/c1-33(27,28)25-22-5-2-3-6-23(22)29-14-4-11-26-12-7-21(8-13-26)30-24(19-9-15-31-17-19)20-10-16-32-18-20/h2-3,5-6,9-10,15-18,21,24-25H,4,7-8,11-14H2,1H3. The van der Waals surface area contributed by atoms with Crippen molar-refractivity contribution < 1.29 is 17.9 Å². The summed E-state index contributed by atoms with van der Waals surface area (Å²) in [5.41, 5.74) is 2.95. The number of piperidine rings is 1.